The van der Waals surface area contributed by atoms with Crippen molar-refractivity contribution >= 4 is 16.7 Å². The van der Waals surface area contributed by atoms with Gasteiger partial charge in [-0.3, -0.25) is 0 Å². The van der Waals surface area contributed by atoms with E-state index in [4.69, 9.17) is 4.74 Å². The lowest BCUT2D eigenvalue weighted by atomic mass is 10.1. The average molecular weight is 279 g/mol. The fourth-order valence-electron chi connectivity index (χ4n) is 1.85. The van der Waals surface area contributed by atoms with Crippen LogP contribution in [0.25, 0.3) is 10.9 Å². The Morgan fingerprint density at radius 1 is 1.35 bits per heavy atom. The number of aliphatic hydroxyl groups excluding tert-OH is 1. The number of rotatable bonds is 5. The number of methoxy groups -OCH3 is 1. The number of benzene rings is 1. The molecule has 2 rings (SSSR count). The van der Waals surface area contributed by atoms with E-state index >= 15 is 0 Å². The molecule has 0 spiro atoms. The lowest BCUT2D eigenvalue weighted by molar-refractivity contribution is 0.226. The Bertz CT molecular complexity index is 606. The van der Waals surface area contributed by atoms with Crippen LogP contribution in [0.4, 0.5) is 10.2 Å². The molecule has 0 saturated heterocycles. The summed E-state index contributed by atoms with van der Waals surface area (Å²) in [5, 5.41) is 13.1. The van der Waals surface area contributed by atoms with Crippen molar-refractivity contribution in [1.82, 2.24) is 9.97 Å². The van der Waals surface area contributed by atoms with Crippen molar-refractivity contribution in [2.75, 3.05) is 19.0 Å². The van der Waals surface area contributed by atoms with Gasteiger partial charge in [0.25, 0.3) is 0 Å². The van der Waals surface area contributed by atoms with Crippen LogP contribution in [0.15, 0.2) is 18.5 Å². The van der Waals surface area contributed by atoms with Crippen LogP contribution < -0.4 is 10.1 Å². The van der Waals surface area contributed by atoms with Crippen molar-refractivity contribution in [1.29, 1.82) is 0 Å². The standard InChI is InChI=1S/C14H18FN3O2/c1-8(6-19)9(2)18-14-10-4-13(20-3)11(15)5-12(10)16-7-17-14/h4-5,7-9,19H,6H2,1-3H3,(H,16,17,18). The van der Waals surface area contributed by atoms with E-state index in [-0.39, 0.29) is 24.3 Å². The highest BCUT2D eigenvalue weighted by Crippen LogP contribution is 2.27. The Morgan fingerprint density at radius 3 is 2.75 bits per heavy atom. The van der Waals surface area contributed by atoms with Gasteiger partial charge in [0.1, 0.15) is 12.1 Å². The normalized spacial score (nSPS) is 14.1. The summed E-state index contributed by atoms with van der Waals surface area (Å²) in [5.74, 6) is 0.364. The topological polar surface area (TPSA) is 67.3 Å². The lowest BCUT2D eigenvalue weighted by Crippen LogP contribution is -2.26. The SMILES string of the molecule is COc1cc2c(NC(C)C(C)CO)ncnc2cc1F. The van der Waals surface area contributed by atoms with Gasteiger partial charge >= 0.3 is 0 Å². The number of aliphatic hydroxyl groups is 1. The molecule has 0 saturated carbocycles. The van der Waals surface area contributed by atoms with E-state index < -0.39 is 5.82 Å². The zero-order chi connectivity index (χ0) is 14.7. The summed E-state index contributed by atoms with van der Waals surface area (Å²) in [4.78, 5) is 8.24. The van der Waals surface area contributed by atoms with E-state index in [9.17, 15) is 9.50 Å². The van der Waals surface area contributed by atoms with Crippen LogP contribution in [-0.4, -0.2) is 34.8 Å². The van der Waals surface area contributed by atoms with E-state index in [0.717, 1.165) is 0 Å². The molecule has 2 atom stereocenters. The second-order valence-corrected chi connectivity index (χ2v) is 4.82. The largest absolute Gasteiger partial charge is 0.494 e. The maximum absolute atomic E-state index is 13.7. The fraction of sp³-hybridized carbons (Fsp3) is 0.429. The third-order valence-electron chi connectivity index (χ3n) is 3.41. The summed E-state index contributed by atoms with van der Waals surface area (Å²) in [6, 6.07) is 2.92. The van der Waals surface area contributed by atoms with Crippen LogP contribution in [0, 0.1) is 11.7 Å². The van der Waals surface area contributed by atoms with Gasteiger partial charge in [0.15, 0.2) is 11.6 Å². The van der Waals surface area contributed by atoms with E-state index in [2.05, 4.69) is 15.3 Å². The Kier molecular flexibility index (Phi) is 4.34. The Morgan fingerprint density at radius 2 is 2.10 bits per heavy atom. The molecule has 0 bridgehead atoms. The predicted octanol–water partition coefficient (Wildman–Crippen LogP) is 2.21. The Hall–Kier alpha value is -1.95. The molecule has 6 heteroatoms. The van der Waals surface area contributed by atoms with Crippen molar-refractivity contribution in [2.45, 2.75) is 19.9 Å². The minimum atomic E-state index is -0.457. The van der Waals surface area contributed by atoms with Crippen molar-refractivity contribution < 1.29 is 14.2 Å². The maximum Gasteiger partial charge on any atom is 0.167 e. The van der Waals surface area contributed by atoms with Gasteiger partial charge in [-0.2, -0.15) is 0 Å². The number of ether oxygens (including phenoxy) is 1. The second-order valence-electron chi connectivity index (χ2n) is 4.82. The summed E-state index contributed by atoms with van der Waals surface area (Å²) >= 11 is 0. The molecule has 0 amide bonds. The first kappa shape index (κ1) is 14.5. The van der Waals surface area contributed by atoms with E-state index in [1.165, 1.54) is 19.5 Å². The minimum Gasteiger partial charge on any atom is -0.494 e. The van der Waals surface area contributed by atoms with Crippen LogP contribution in [0.2, 0.25) is 0 Å². The molecule has 1 aromatic heterocycles. The first-order valence-electron chi connectivity index (χ1n) is 6.42. The molecule has 2 unspecified atom stereocenters. The molecule has 0 radical (unpaired) electrons. The molecule has 0 fully saturated rings. The summed E-state index contributed by atoms with van der Waals surface area (Å²) in [6.07, 6.45) is 1.38. The van der Waals surface area contributed by atoms with Crippen LogP contribution >= 0.6 is 0 Å². The van der Waals surface area contributed by atoms with E-state index in [1.54, 1.807) is 6.07 Å². The predicted molar refractivity (Wildman–Crippen MR) is 75.4 cm³/mol. The molecular weight excluding hydrogens is 261 g/mol. The third-order valence-corrected chi connectivity index (χ3v) is 3.41. The number of fused-ring (bicyclic) bond motifs is 1. The molecule has 20 heavy (non-hydrogen) atoms. The summed E-state index contributed by atoms with van der Waals surface area (Å²) in [5.41, 5.74) is 0.504. The highest BCUT2D eigenvalue weighted by Gasteiger charge is 2.15. The second kappa shape index (κ2) is 6.00. The van der Waals surface area contributed by atoms with E-state index in [0.29, 0.717) is 16.7 Å². The van der Waals surface area contributed by atoms with Crippen LogP contribution in [-0.2, 0) is 0 Å². The van der Waals surface area contributed by atoms with Gasteiger partial charge in [-0.25, -0.2) is 14.4 Å². The lowest BCUT2D eigenvalue weighted by Gasteiger charge is -2.20. The molecule has 1 heterocycles. The number of nitrogens with zero attached hydrogens (tertiary/aromatic N) is 2. The highest BCUT2D eigenvalue weighted by atomic mass is 19.1. The van der Waals surface area contributed by atoms with Crippen LogP contribution in [0.3, 0.4) is 0 Å². The number of nitrogens with one attached hydrogen (secondary N) is 1. The van der Waals surface area contributed by atoms with Gasteiger partial charge in [-0.05, 0) is 18.9 Å². The summed E-state index contributed by atoms with van der Waals surface area (Å²) in [6.45, 7) is 3.96. The molecule has 5 nitrogen and oxygen atoms in total. The number of aromatic nitrogens is 2. The first-order chi connectivity index (χ1) is 9.56. The van der Waals surface area contributed by atoms with Crippen molar-refractivity contribution in [3.05, 3.63) is 24.3 Å². The number of halogens is 1. The highest BCUT2D eigenvalue weighted by molar-refractivity contribution is 5.90. The smallest absolute Gasteiger partial charge is 0.167 e. The van der Waals surface area contributed by atoms with Gasteiger partial charge in [-0.15, -0.1) is 0 Å². The van der Waals surface area contributed by atoms with Crippen molar-refractivity contribution in [3.8, 4) is 5.75 Å². The molecule has 2 aromatic rings. The molecule has 2 N–H and O–H groups in total. The summed E-state index contributed by atoms with van der Waals surface area (Å²) < 4.78 is 18.6. The third kappa shape index (κ3) is 2.80. The van der Waals surface area contributed by atoms with Gasteiger partial charge in [0, 0.05) is 24.1 Å². The monoisotopic (exact) mass is 279 g/mol. The molecule has 1 aromatic carbocycles. The Balaban J connectivity index is 2.43. The molecule has 0 aliphatic heterocycles. The van der Waals surface area contributed by atoms with E-state index in [1.807, 2.05) is 13.8 Å². The zero-order valence-electron chi connectivity index (χ0n) is 11.7. The first-order valence-corrected chi connectivity index (χ1v) is 6.42. The number of anilines is 1. The number of hydrogen-bond donors (Lipinski definition) is 2. The van der Waals surface area contributed by atoms with Crippen molar-refractivity contribution in [2.24, 2.45) is 5.92 Å². The van der Waals surface area contributed by atoms with Crippen LogP contribution in [0.1, 0.15) is 13.8 Å². The molecule has 108 valence electrons. The minimum absolute atomic E-state index is 0.0224. The molecule has 0 aliphatic rings. The maximum atomic E-state index is 13.7. The van der Waals surface area contributed by atoms with Gasteiger partial charge in [0.2, 0.25) is 0 Å². The van der Waals surface area contributed by atoms with Gasteiger partial charge in [0.05, 0.1) is 12.6 Å². The zero-order valence-corrected chi connectivity index (χ0v) is 11.7. The quantitative estimate of drug-likeness (QED) is 0.878. The van der Waals surface area contributed by atoms with Crippen LogP contribution in [0.5, 0.6) is 5.75 Å². The molecular formula is C14H18FN3O2. The van der Waals surface area contributed by atoms with Gasteiger partial charge in [-0.1, -0.05) is 6.92 Å². The van der Waals surface area contributed by atoms with Gasteiger partial charge < -0.3 is 15.2 Å². The van der Waals surface area contributed by atoms with Crippen molar-refractivity contribution in [3.63, 3.8) is 0 Å². The molecule has 0 aliphatic carbocycles. The average Bonchev–Trinajstić information content (AvgIpc) is 2.45. The fourth-order valence-corrected chi connectivity index (χ4v) is 1.85. The Labute approximate surface area is 116 Å². The number of hydrogen-bond acceptors (Lipinski definition) is 5. The summed E-state index contributed by atoms with van der Waals surface area (Å²) in [7, 11) is 1.41.